The lowest BCUT2D eigenvalue weighted by molar-refractivity contribution is 0.0771. The third-order valence-corrected chi connectivity index (χ3v) is 3.64. The van der Waals surface area contributed by atoms with Gasteiger partial charge in [0.05, 0.1) is 18.6 Å². The van der Waals surface area contributed by atoms with Crippen LogP contribution < -0.4 is 4.74 Å². The molecule has 0 radical (unpaired) electrons. The minimum atomic E-state index is -0.113. The minimum absolute atomic E-state index is 0.0358. The van der Waals surface area contributed by atoms with Crippen LogP contribution in [0.2, 0.25) is 0 Å². The molecule has 0 aromatic carbocycles. The maximum Gasteiger partial charge on any atom is 0.263 e. The predicted molar refractivity (Wildman–Crippen MR) is 62.6 cm³/mol. The monoisotopic (exact) mass is 293 g/mol. The fourth-order valence-electron chi connectivity index (χ4n) is 1.04. The number of halogens is 1. The summed E-state index contributed by atoms with van der Waals surface area (Å²) in [7, 11) is 3.21. The highest BCUT2D eigenvalue weighted by molar-refractivity contribution is 9.11. The van der Waals surface area contributed by atoms with Crippen LogP contribution in [0.4, 0.5) is 0 Å². The number of rotatable bonds is 4. The Morgan fingerprint density at radius 3 is 2.87 bits per heavy atom. The topological polar surface area (TPSA) is 49.8 Å². The molecule has 0 aliphatic carbocycles. The van der Waals surface area contributed by atoms with E-state index in [2.05, 4.69) is 15.9 Å². The number of carbonyl (C=O) groups excluding carboxylic acids is 1. The number of ether oxygens (including phenoxy) is 1. The summed E-state index contributed by atoms with van der Waals surface area (Å²) in [5.74, 6) is 0.541. The summed E-state index contributed by atoms with van der Waals surface area (Å²) in [6.07, 6.45) is 0. The quantitative estimate of drug-likeness (QED) is 0.917. The molecule has 0 saturated heterocycles. The van der Waals surface area contributed by atoms with Crippen molar-refractivity contribution in [2.75, 3.05) is 27.3 Å². The third kappa shape index (κ3) is 2.93. The van der Waals surface area contributed by atoms with Crippen molar-refractivity contribution in [3.63, 3.8) is 0 Å². The molecule has 1 heterocycles. The van der Waals surface area contributed by atoms with E-state index in [9.17, 15) is 4.79 Å². The Balaban J connectivity index is 2.82. The van der Waals surface area contributed by atoms with Crippen molar-refractivity contribution in [2.45, 2.75) is 0 Å². The van der Waals surface area contributed by atoms with Crippen molar-refractivity contribution in [1.82, 2.24) is 4.90 Å². The van der Waals surface area contributed by atoms with Crippen molar-refractivity contribution in [1.29, 1.82) is 0 Å². The van der Waals surface area contributed by atoms with Gasteiger partial charge in [-0.2, -0.15) is 0 Å². The predicted octanol–water partition coefficient (Wildman–Crippen LogP) is 1.58. The lowest BCUT2D eigenvalue weighted by Crippen LogP contribution is -2.28. The second-order valence-electron chi connectivity index (χ2n) is 2.90. The van der Waals surface area contributed by atoms with E-state index in [1.54, 1.807) is 20.2 Å². The molecule has 84 valence electrons. The van der Waals surface area contributed by atoms with E-state index in [4.69, 9.17) is 9.84 Å². The highest BCUT2D eigenvalue weighted by Gasteiger charge is 2.16. The van der Waals surface area contributed by atoms with Gasteiger partial charge in [0.1, 0.15) is 9.54 Å². The zero-order valence-electron chi connectivity index (χ0n) is 8.49. The van der Waals surface area contributed by atoms with Gasteiger partial charge in [-0.1, -0.05) is 0 Å². The number of nitrogens with zero attached hydrogens (tertiary/aromatic N) is 1. The van der Waals surface area contributed by atoms with Gasteiger partial charge in [0.15, 0.2) is 0 Å². The molecule has 0 aliphatic rings. The first-order chi connectivity index (χ1) is 7.10. The molecule has 1 aromatic heterocycles. The molecule has 1 rings (SSSR count). The average Bonchev–Trinajstić information content (AvgIpc) is 2.59. The van der Waals surface area contributed by atoms with Gasteiger partial charge in [-0.15, -0.1) is 11.3 Å². The van der Waals surface area contributed by atoms with E-state index in [0.717, 1.165) is 3.79 Å². The van der Waals surface area contributed by atoms with Crippen LogP contribution >= 0.6 is 27.3 Å². The molecule has 0 spiro atoms. The van der Waals surface area contributed by atoms with E-state index >= 15 is 0 Å². The van der Waals surface area contributed by atoms with E-state index in [0.29, 0.717) is 17.2 Å². The second kappa shape index (κ2) is 5.48. The Labute approximate surface area is 101 Å². The zero-order valence-corrected chi connectivity index (χ0v) is 10.9. The Hall–Kier alpha value is -0.590. The molecular formula is C9H12BrNO3S. The average molecular weight is 294 g/mol. The van der Waals surface area contributed by atoms with E-state index in [1.165, 1.54) is 16.2 Å². The van der Waals surface area contributed by atoms with Gasteiger partial charge in [-0.25, -0.2) is 0 Å². The first-order valence-corrected chi connectivity index (χ1v) is 5.90. The summed E-state index contributed by atoms with van der Waals surface area (Å²) in [4.78, 5) is 13.8. The molecule has 1 N–H and O–H groups in total. The number of aliphatic hydroxyl groups excluding tert-OH is 1. The maximum atomic E-state index is 11.8. The van der Waals surface area contributed by atoms with Crippen molar-refractivity contribution in [3.8, 4) is 5.75 Å². The van der Waals surface area contributed by atoms with Gasteiger partial charge in [0, 0.05) is 19.7 Å². The van der Waals surface area contributed by atoms with Crippen LogP contribution in [0.1, 0.15) is 9.67 Å². The van der Waals surface area contributed by atoms with Gasteiger partial charge >= 0.3 is 0 Å². The number of hydrogen-bond acceptors (Lipinski definition) is 4. The summed E-state index contributed by atoms with van der Waals surface area (Å²) in [6.45, 7) is 0.294. The van der Waals surface area contributed by atoms with E-state index < -0.39 is 0 Å². The first-order valence-electron chi connectivity index (χ1n) is 4.29. The first kappa shape index (κ1) is 12.5. The van der Waals surface area contributed by atoms with Crippen LogP contribution in [0.25, 0.3) is 0 Å². The molecule has 0 unspecified atom stereocenters. The number of thiophene rings is 1. The fraction of sp³-hybridized carbons (Fsp3) is 0.444. The van der Waals surface area contributed by atoms with Gasteiger partial charge in [-0.05, 0) is 15.9 Å². The summed E-state index contributed by atoms with van der Waals surface area (Å²) in [5, 5.41) is 8.71. The van der Waals surface area contributed by atoms with Crippen LogP contribution in [0.3, 0.4) is 0 Å². The molecule has 15 heavy (non-hydrogen) atoms. The number of methoxy groups -OCH3 is 1. The molecule has 0 aliphatic heterocycles. The Morgan fingerprint density at radius 2 is 2.40 bits per heavy atom. The molecule has 0 bridgehead atoms. The molecule has 6 heteroatoms. The highest BCUT2D eigenvalue weighted by Crippen LogP contribution is 2.34. The van der Waals surface area contributed by atoms with Gasteiger partial charge in [0.25, 0.3) is 5.91 Å². The summed E-state index contributed by atoms with van der Waals surface area (Å²) in [6, 6.07) is 1.69. The van der Waals surface area contributed by atoms with Crippen molar-refractivity contribution in [3.05, 3.63) is 14.7 Å². The third-order valence-electron chi connectivity index (χ3n) is 1.87. The van der Waals surface area contributed by atoms with E-state index in [1.807, 2.05) is 0 Å². The second-order valence-corrected chi connectivity index (χ2v) is 5.27. The SMILES string of the molecule is COc1cc(C(=O)N(C)CCO)sc1Br. The number of aliphatic hydroxyl groups is 1. The van der Waals surface area contributed by atoms with Crippen LogP contribution in [-0.2, 0) is 0 Å². The lowest BCUT2D eigenvalue weighted by Gasteiger charge is -2.13. The minimum Gasteiger partial charge on any atom is -0.495 e. The van der Waals surface area contributed by atoms with Crippen molar-refractivity contribution < 1.29 is 14.6 Å². The Bertz CT molecular complexity index is 353. The molecular weight excluding hydrogens is 282 g/mol. The number of amides is 1. The normalized spacial score (nSPS) is 10.1. The number of hydrogen-bond donors (Lipinski definition) is 1. The maximum absolute atomic E-state index is 11.8. The van der Waals surface area contributed by atoms with Crippen LogP contribution in [0.15, 0.2) is 9.85 Å². The number of carbonyl (C=O) groups is 1. The van der Waals surface area contributed by atoms with E-state index in [-0.39, 0.29) is 12.5 Å². The van der Waals surface area contributed by atoms with Crippen LogP contribution in [0.5, 0.6) is 5.75 Å². The standard InChI is InChI=1S/C9H12BrNO3S/c1-11(3-4-12)9(13)7-5-6(14-2)8(10)15-7/h5,12H,3-4H2,1-2H3. The van der Waals surface area contributed by atoms with Crippen LogP contribution in [0, 0.1) is 0 Å². The summed E-state index contributed by atoms with van der Waals surface area (Å²) < 4.78 is 5.86. The molecule has 1 aromatic rings. The number of likely N-dealkylation sites (N-methyl/N-ethyl adjacent to an activating group) is 1. The van der Waals surface area contributed by atoms with Gasteiger partial charge < -0.3 is 14.7 Å². The van der Waals surface area contributed by atoms with Gasteiger partial charge in [0.2, 0.25) is 0 Å². The van der Waals surface area contributed by atoms with Crippen molar-refractivity contribution in [2.24, 2.45) is 0 Å². The fourth-order valence-corrected chi connectivity index (χ4v) is 2.68. The Morgan fingerprint density at radius 1 is 1.73 bits per heavy atom. The van der Waals surface area contributed by atoms with Gasteiger partial charge in [-0.3, -0.25) is 4.79 Å². The molecule has 4 nitrogen and oxygen atoms in total. The molecule has 0 saturated carbocycles. The van der Waals surface area contributed by atoms with Crippen molar-refractivity contribution >= 4 is 33.2 Å². The molecule has 1 amide bonds. The van der Waals surface area contributed by atoms with Crippen LogP contribution in [-0.4, -0.2) is 43.2 Å². The lowest BCUT2D eigenvalue weighted by atomic mass is 10.4. The zero-order chi connectivity index (χ0) is 11.4. The molecule has 0 fully saturated rings. The smallest absolute Gasteiger partial charge is 0.263 e. The summed E-state index contributed by atoms with van der Waals surface area (Å²) >= 11 is 4.63. The summed E-state index contributed by atoms with van der Waals surface area (Å²) in [5.41, 5.74) is 0. The Kier molecular flexibility index (Phi) is 4.56. The largest absolute Gasteiger partial charge is 0.495 e. The highest BCUT2D eigenvalue weighted by atomic mass is 79.9. The molecule has 0 atom stereocenters.